The summed E-state index contributed by atoms with van der Waals surface area (Å²) in [6.45, 7) is 4.30. The number of amides is 1. The Kier molecular flexibility index (Phi) is 6.25. The number of alkyl halides is 3. The number of benzene rings is 1. The van der Waals surface area contributed by atoms with Gasteiger partial charge in [0, 0.05) is 25.0 Å². The molecule has 1 aromatic heterocycles. The van der Waals surface area contributed by atoms with Gasteiger partial charge in [0.25, 0.3) is 5.91 Å². The molecule has 31 heavy (non-hydrogen) atoms. The molecule has 1 fully saturated rings. The standard InChI is InChI=1S/C19H21F3N4O4S/c1-11-9-26(10-12(2)30-11)17-16(6-13(8-24-17)19(20,21)22)18(27)25-14-4-3-5-15(7-14)31(23,28)29/h3-8,11-12H,9-10H2,1-2H3,(H,25,27)(H2,23,28,29). The Morgan fingerprint density at radius 3 is 2.45 bits per heavy atom. The van der Waals surface area contributed by atoms with E-state index in [2.05, 4.69) is 10.3 Å². The first-order chi connectivity index (χ1) is 14.3. The Morgan fingerprint density at radius 1 is 1.23 bits per heavy atom. The van der Waals surface area contributed by atoms with Gasteiger partial charge in [0.05, 0.1) is 28.2 Å². The van der Waals surface area contributed by atoms with E-state index in [9.17, 15) is 26.4 Å². The lowest BCUT2D eigenvalue weighted by molar-refractivity contribution is -0.137. The smallest absolute Gasteiger partial charge is 0.372 e. The fourth-order valence-electron chi connectivity index (χ4n) is 3.33. The minimum absolute atomic E-state index is 0.0589. The summed E-state index contributed by atoms with van der Waals surface area (Å²) in [5.74, 6) is -0.790. The van der Waals surface area contributed by atoms with E-state index in [0.717, 1.165) is 12.1 Å². The fourth-order valence-corrected chi connectivity index (χ4v) is 3.89. The van der Waals surface area contributed by atoms with Gasteiger partial charge in [-0.3, -0.25) is 4.79 Å². The number of hydrogen-bond acceptors (Lipinski definition) is 6. The van der Waals surface area contributed by atoms with Gasteiger partial charge in [-0.05, 0) is 38.1 Å². The zero-order valence-corrected chi connectivity index (χ0v) is 17.5. The first-order valence-corrected chi connectivity index (χ1v) is 10.8. The highest BCUT2D eigenvalue weighted by molar-refractivity contribution is 7.89. The maximum absolute atomic E-state index is 13.3. The number of aromatic nitrogens is 1. The fraction of sp³-hybridized carbons (Fsp3) is 0.368. The van der Waals surface area contributed by atoms with Crippen molar-refractivity contribution in [3.05, 3.63) is 47.7 Å². The molecule has 1 aliphatic rings. The van der Waals surface area contributed by atoms with Crippen LogP contribution in [0.2, 0.25) is 0 Å². The Morgan fingerprint density at radius 2 is 1.87 bits per heavy atom. The number of halogens is 3. The van der Waals surface area contributed by atoms with E-state index >= 15 is 0 Å². The Balaban J connectivity index is 2.00. The highest BCUT2D eigenvalue weighted by Gasteiger charge is 2.34. The second kappa shape index (κ2) is 8.44. The number of nitrogens with two attached hydrogens (primary N) is 1. The molecule has 3 N–H and O–H groups in total. The van der Waals surface area contributed by atoms with E-state index in [0.29, 0.717) is 19.3 Å². The second-order valence-electron chi connectivity index (χ2n) is 7.28. The van der Waals surface area contributed by atoms with Gasteiger partial charge in [-0.15, -0.1) is 0 Å². The summed E-state index contributed by atoms with van der Waals surface area (Å²) in [4.78, 5) is 18.3. The molecule has 8 nitrogen and oxygen atoms in total. The monoisotopic (exact) mass is 458 g/mol. The van der Waals surface area contributed by atoms with Crippen molar-refractivity contribution >= 4 is 27.4 Å². The van der Waals surface area contributed by atoms with E-state index in [1.165, 1.54) is 18.2 Å². The summed E-state index contributed by atoms with van der Waals surface area (Å²) >= 11 is 0. The van der Waals surface area contributed by atoms with E-state index < -0.39 is 27.7 Å². The Labute approximate surface area is 177 Å². The maximum Gasteiger partial charge on any atom is 0.417 e. The molecule has 0 radical (unpaired) electrons. The zero-order chi connectivity index (χ0) is 23.0. The highest BCUT2D eigenvalue weighted by atomic mass is 32.2. The predicted molar refractivity (Wildman–Crippen MR) is 107 cm³/mol. The number of carbonyl (C=O) groups excluding carboxylic acids is 1. The molecular weight excluding hydrogens is 437 g/mol. The zero-order valence-electron chi connectivity index (χ0n) is 16.7. The van der Waals surface area contributed by atoms with Gasteiger partial charge in [0.2, 0.25) is 10.0 Å². The number of pyridine rings is 1. The van der Waals surface area contributed by atoms with Crippen LogP contribution in [0.4, 0.5) is 24.7 Å². The minimum atomic E-state index is -4.69. The summed E-state index contributed by atoms with van der Waals surface area (Å²) in [5.41, 5.74) is -1.31. The lowest BCUT2D eigenvalue weighted by Gasteiger charge is -2.36. The molecule has 1 saturated heterocycles. The van der Waals surface area contributed by atoms with E-state index in [-0.39, 0.29) is 34.2 Å². The van der Waals surface area contributed by atoms with E-state index in [1.54, 1.807) is 4.90 Å². The van der Waals surface area contributed by atoms with Crippen LogP contribution < -0.4 is 15.4 Å². The quantitative estimate of drug-likeness (QED) is 0.728. The van der Waals surface area contributed by atoms with Crippen LogP contribution in [0.1, 0.15) is 29.8 Å². The molecule has 0 spiro atoms. The third-order valence-electron chi connectivity index (χ3n) is 4.58. The van der Waals surface area contributed by atoms with Crippen molar-refractivity contribution in [2.24, 2.45) is 5.14 Å². The summed E-state index contributed by atoms with van der Waals surface area (Å²) in [6, 6.07) is 5.83. The van der Waals surface area contributed by atoms with Crippen molar-refractivity contribution in [3.63, 3.8) is 0 Å². The van der Waals surface area contributed by atoms with Crippen LogP contribution in [0.25, 0.3) is 0 Å². The number of morpholine rings is 1. The van der Waals surface area contributed by atoms with Crippen LogP contribution >= 0.6 is 0 Å². The number of carbonyl (C=O) groups is 1. The molecule has 1 amide bonds. The maximum atomic E-state index is 13.3. The van der Waals surface area contributed by atoms with Gasteiger partial charge in [0.1, 0.15) is 5.82 Å². The topological polar surface area (TPSA) is 115 Å². The van der Waals surface area contributed by atoms with Crippen LogP contribution in [0, 0.1) is 0 Å². The van der Waals surface area contributed by atoms with Gasteiger partial charge < -0.3 is 15.0 Å². The number of ether oxygens (including phenoxy) is 1. The predicted octanol–water partition coefficient (Wildman–Crippen LogP) is 2.61. The van der Waals surface area contributed by atoms with Gasteiger partial charge in [-0.2, -0.15) is 13.2 Å². The summed E-state index contributed by atoms with van der Waals surface area (Å²) in [6.07, 6.45) is -4.44. The lowest BCUT2D eigenvalue weighted by atomic mass is 10.1. The largest absolute Gasteiger partial charge is 0.417 e. The molecule has 2 atom stereocenters. The van der Waals surface area contributed by atoms with Crippen molar-refractivity contribution in [2.45, 2.75) is 37.1 Å². The SMILES string of the molecule is CC1CN(c2ncc(C(F)(F)F)cc2C(=O)Nc2cccc(S(N)(=O)=O)c2)CC(C)O1. The molecule has 1 aromatic carbocycles. The number of rotatable bonds is 4. The normalized spacial score (nSPS) is 19.9. The van der Waals surface area contributed by atoms with Crippen LogP contribution in [-0.2, 0) is 20.9 Å². The molecule has 2 aromatic rings. The van der Waals surface area contributed by atoms with Gasteiger partial charge in [-0.1, -0.05) is 6.07 Å². The summed E-state index contributed by atoms with van der Waals surface area (Å²) in [7, 11) is -4.02. The molecule has 12 heteroatoms. The lowest BCUT2D eigenvalue weighted by Crippen LogP contribution is -2.46. The molecular formula is C19H21F3N4O4S. The number of nitrogens with one attached hydrogen (secondary N) is 1. The van der Waals surface area contributed by atoms with Crippen LogP contribution in [0.5, 0.6) is 0 Å². The Hall–Kier alpha value is -2.70. The third kappa shape index (κ3) is 5.51. The number of nitrogens with zero attached hydrogens (tertiary/aromatic N) is 2. The number of hydrogen-bond donors (Lipinski definition) is 2. The first-order valence-electron chi connectivity index (χ1n) is 9.26. The second-order valence-corrected chi connectivity index (χ2v) is 8.84. The number of anilines is 2. The van der Waals surface area contributed by atoms with E-state index in [1.807, 2.05) is 13.8 Å². The number of primary sulfonamides is 1. The molecule has 3 rings (SSSR count). The van der Waals surface area contributed by atoms with Crippen molar-refractivity contribution in [3.8, 4) is 0 Å². The molecule has 168 valence electrons. The summed E-state index contributed by atoms with van der Waals surface area (Å²) in [5, 5.41) is 7.52. The minimum Gasteiger partial charge on any atom is -0.372 e. The first kappa shape index (κ1) is 23.0. The molecule has 0 saturated carbocycles. The van der Waals surface area contributed by atoms with Gasteiger partial charge in [0.15, 0.2) is 0 Å². The van der Waals surface area contributed by atoms with Crippen LogP contribution in [0.3, 0.4) is 0 Å². The average molecular weight is 458 g/mol. The molecule has 0 aliphatic carbocycles. The van der Waals surface area contributed by atoms with Crippen molar-refractivity contribution < 1.29 is 31.1 Å². The third-order valence-corrected chi connectivity index (χ3v) is 5.49. The van der Waals surface area contributed by atoms with Crippen molar-refractivity contribution in [2.75, 3.05) is 23.3 Å². The average Bonchev–Trinajstić information content (AvgIpc) is 2.65. The number of sulfonamides is 1. The molecule has 0 bridgehead atoms. The highest BCUT2D eigenvalue weighted by Crippen LogP contribution is 2.32. The summed E-state index contributed by atoms with van der Waals surface area (Å²) < 4.78 is 68.5. The Bertz CT molecular complexity index is 1080. The van der Waals surface area contributed by atoms with Crippen molar-refractivity contribution in [1.29, 1.82) is 0 Å². The van der Waals surface area contributed by atoms with Crippen molar-refractivity contribution in [1.82, 2.24) is 4.98 Å². The molecule has 1 aliphatic heterocycles. The van der Waals surface area contributed by atoms with Crippen LogP contribution in [-0.4, -0.2) is 44.6 Å². The van der Waals surface area contributed by atoms with Gasteiger partial charge in [-0.25, -0.2) is 18.5 Å². The molecule has 2 heterocycles. The van der Waals surface area contributed by atoms with Crippen LogP contribution in [0.15, 0.2) is 41.4 Å². The van der Waals surface area contributed by atoms with Gasteiger partial charge >= 0.3 is 6.18 Å². The van der Waals surface area contributed by atoms with E-state index in [4.69, 9.17) is 9.88 Å². The molecule has 2 unspecified atom stereocenters.